The van der Waals surface area contributed by atoms with Gasteiger partial charge in [0.25, 0.3) is 0 Å². The third-order valence-corrected chi connectivity index (χ3v) is 14.4. The molecule has 0 aromatic carbocycles. The van der Waals surface area contributed by atoms with E-state index < -0.39 is 0 Å². The maximum absolute atomic E-state index is 13.0. The number of hydrogen-bond donors (Lipinski definition) is 1. The molecule has 0 radical (unpaired) electrons. The van der Waals surface area contributed by atoms with Crippen molar-refractivity contribution < 1.29 is 24.2 Å². The van der Waals surface area contributed by atoms with Crippen LogP contribution >= 0.6 is 0 Å². The zero-order chi connectivity index (χ0) is 48.2. The van der Waals surface area contributed by atoms with Crippen LogP contribution in [0.5, 0.6) is 0 Å². The van der Waals surface area contributed by atoms with E-state index in [9.17, 15) is 14.7 Å². The maximum Gasteiger partial charge on any atom is 0.308 e. The number of aldehydes is 1. The number of methoxy groups -OCH3 is 1. The molecule has 0 aliphatic carbocycles. The summed E-state index contributed by atoms with van der Waals surface area (Å²) in [5.41, 5.74) is 0. The van der Waals surface area contributed by atoms with Crippen molar-refractivity contribution in [2.45, 2.75) is 297 Å². The van der Waals surface area contributed by atoms with Gasteiger partial charge >= 0.3 is 5.97 Å². The molecule has 0 bridgehead atoms. The number of hydrogen-bond acceptors (Lipinski definition) is 7. The zero-order valence-corrected chi connectivity index (χ0v) is 45.4. The van der Waals surface area contributed by atoms with Gasteiger partial charge < -0.3 is 29.2 Å². The summed E-state index contributed by atoms with van der Waals surface area (Å²) < 4.78 is 11.0. The van der Waals surface area contributed by atoms with Crippen LogP contribution in [-0.4, -0.2) is 92.9 Å². The highest BCUT2D eigenvalue weighted by molar-refractivity contribution is 5.72. The van der Waals surface area contributed by atoms with Gasteiger partial charge in [0.05, 0.1) is 18.6 Å². The van der Waals surface area contributed by atoms with Crippen molar-refractivity contribution in [2.75, 3.05) is 59.6 Å². The van der Waals surface area contributed by atoms with E-state index in [0.717, 1.165) is 77.6 Å². The molecule has 0 saturated carbocycles. The molecule has 1 saturated heterocycles. The molecular weight excluding hydrogens is 817 g/mol. The lowest BCUT2D eigenvalue weighted by Crippen LogP contribution is -2.38. The minimum Gasteiger partial charge on any atom is -0.465 e. The fraction of sp³-hybridized carbons (Fsp3) is 0.966. The molecule has 1 fully saturated rings. The van der Waals surface area contributed by atoms with Gasteiger partial charge in [0, 0.05) is 32.7 Å². The van der Waals surface area contributed by atoms with Crippen molar-refractivity contribution in [1.82, 2.24) is 9.80 Å². The molecule has 0 amide bonds. The number of carbonyl (C=O) groups is 2. The van der Waals surface area contributed by atoms with Crippen molar-refractivity contribution in [3.8, 4) is 0 Å². The van der Waals surface area contributed by atoms with Crippen LogP contribution in [0.2, 0.25) is 0 Å². The Balaban J connectivity index is 0.00000186. The van der Waals surface area contributed by atoms with Gasteiger partial charge in [0.1, 0.15) is 6.29 Å². The lowest BCUT2D eigenvalue weighted by atomic mass is 9.94. The van der Waals surface area contributed by atoms with Crippen LogP contribution in [0.4, 0.5) is 0 Å². The topological polar surface area (TPSA) is 79.3 Å². The number of nitrogens with zero attached hydrogens (tertiary/aromatic N) is 2. The summed E-state index contributed by atoms with van der Waals surface area (Å²) in [7, 11) is 1.80. The second kappa shape index (κ2) is 53.3. The second-order valence-electron chi connectivity index (χ2n) is 20.8. The Morgan fingerprint density at radius 3 is 1.30 bits per heavy atom. The van der Waals surface area contributed by atoms with E-state index in [1.807, 2.05) is 0 Å². The number of esters is 1. The summed E-state index contributed by atoms with van der Waals surface area (Å²) in [5.74, 6) is 0.546. The monoisotopic (exact) mass is 935 g/mol. The summed E-state index contributed by atoms with van der Waals surface area (Å²) in [5, 5.41) is 9.81. The van der Waals surface area contributed by atoms with E-state index in [1.54, 1.807) is 7.11 Å². The predicted molar refractivity (Wildman–Crippen MR) is 287 cm³/mol. The van der Waals surface area contributed by atoms with Gasteiger partial charge in [-0.3, -0.25) is 4.79 Å². The number of unbranched alkanes of at least 4 members (excludes halogenated alkanes) is 28. The molecule has 0 unspecified atom stereocenters. The van der Waals surface area contributed by atoms with Gasteiger partial charge in [-0.2, -0.15) is 0 Å². The van der Waals surface area contributed by atoms with E-state index in [1.165, 1.54) is 238 Å². The van der Waals surface area contributed by atoms with Crippen LogP contribution in [-0.2, 0) is 19.1 Å². The van der Waals surface area contributed by atoms with Crippen molar-refractivity contribution in [2.24, 2.45) is 11.8 Å². The molecule has 1 aliphatic rings. The lowest BCUT2D eigenvalue weighted by molar-refractivity contribution is -0.149. The lowest BCUT2D eigenvalue weighted by Gasteiger charge is -2.30. The Morgan fingerprint density at radius 1 is 0.515 bits per heavy atom. The molecule has 7 heteroatoms. The van der Waals surface area contributed by atoms with Crippen LogP contribution in [0.25, 0.3) is 0 Å². The van der Waals surface area contributed by atoms with Crippen molar-refractivity contribution in [3.05, 3.63) is 0 Å². The first-order valence-electron chi connectivity index (χ1n) is 29.7. The number of ether oxygens (including phenoxy) is 2. The summed E-state index contributed by atoms with van der Waals surface area (Å²) >= 11 is 0. The average molecular weight is 936 g/mol. The average Bonchev–Trinajstić information content (AvgIpc) is 3.33. The molecule has 1 heterocycles. The highest BCUT2D eigenvalue weighted by Crippen LogP contribution is 2.22. The number of carbonyl (C=O) groups excluding carboxylic acids is 2. The summed E-state index contributed by atoms with van der Waals surface area (Å²) in [4.78, 5) is 29.3. The van der Waals surface area contributed by atoms with Gasteiger partial charge in [0.15, 0.2) is 0 Å². The number of likely N-dealkylation sites (tertiary alicyclic amines) is 1. The fourth-order valence-corrected chi connectivity index (χ4v) is 9.74. The van der Waals surface area contributed by atoms with Crippen molar-refractivity contribution in [1.29, 1.82) is 0 Å². The Bertz CT molecular complexity index is 927. The highest BCUT2D eigenvalue weighted by Gasteiger charge is 2.20. The summed E-state index contributed by atoms with van der Waals surface area (Å²) in [6, 6.07) is 0. The first-order chi connectivity index (χ1) is 32.4. The smallest absolute Gasteiger partial charge is 0.308 e. The van der Waals surface area contributed by atoms with Crippen LogP contribution in [0.3, 0.4) is 0 Å². The number of piperidine rings is 1. The van der Waals surface area contributed by atoms with Crippen molar-refractivity contribution in [3.63, 3.8) is 0 Å². The molecule has 66 heavy (non-hydrogen) atoms. The van der Waals surface area contributed by atoms with Crippen LogP contribution in [0.15, 0.2) is 0 Å². The Labute approximate surface area is 413 Å². The highest BCUT2D eigenvalue weighted by atomic mass is 16.5. The standard InChI is InChI=1S/C41H82N2O4.C18H36O/c1-4-6-8-10-14-20-27-39(28-21-15-11-9-7-5-2)41(45)47-38-25-19-13-17-23-32-42(31-22-16-12-18-24-37-46-3)33-26-34-43-35-29-40(44)30-36-43;1-3-5-7-9-11-13-15-18(17-19)16-14-12-10-8-6-4-2/h39-40,44H,4-38H2,1-3H3;17-18H,3-16H2,1-2H3. The predicted octanol–water partition coefficient (Wildman–Crippen LogP) is 16.6. The molecule has 7 nitrogen and oxygen atoms in total. The molecule has 0 aromatic rings. The Morgan fingerprint density at radius 2 is 0.879 bits per heavy atom. The minimum atomic E-state index is -0.0830. The van der Waals surface area contributed by atoms with Crippen LogP contribution in [0.1, 0.15) is 291 Å². The van der Waals surface area contributed by atoms with E-state index in [0.29, 0.717) is 12.5 Å². The van der Waals surface area contributed by atoms with Crippen LogP contribution < -0.4 is 0 Å². The normalized spacial score (nSPS) is 13.5. The number of rotatable bonds is 50. The van der Waals surface area contributed by atoms with E-state index in [2.05, 4.69) is 37.5 Å². The second-order valence-corrected chi connectivity index (χ2v) is 20.8. The molecular formula is C59H118N2O5. The molecule has 0 aromatic heterocycles. The van der Waals surface area contributed by atoms with E-state index in [-0.39, 0.29) is 18.0 Å². The van der Waals surface area contributed by atoms with Gasteiger partial charge in [-0.15, -0.1) is 0 Å². The molecule has 1 N–H and O–H groups in total. The first-order valence-corrected chi connectivity index (χ1v) is 29.7. The van der Waals surface area contributed by atoms with Crippen LogP contribution in [0, 0.1) is 11.8 Å². The van der Waals surface area contributed by atoms with E-state index >= 15 is 0 Å². The molecule has 0 spiro atoms. The maximum atomic E-state index is 13.0. The zero-order valence-electron chi connectivity index (χ0n) is 45.4. The molecule has 1 aliphatic heterocycles. The molecule has 394 valence electrons. The Hall–Kier alpha value is -1.02. The van der Waals surface area contributed by atoms with Gasteiger partial charge in [-0.25, -0.2) is 0 Å². The number of aliphatic hydroxyl groups is 1. The summed E-state index contributed by atoms with van der Waals surface area (Å²) in [6.07, 6.45) is 52.2. The Kier molecular flexibility index (Phi) is 52.5. The first kappa shape index (κ1) is 65.0. The third kappa shape index (κ3) is 45.4. The van der Waals surface area contributed by atoms with Gasteiger partial charge in [0.2, 0.25) is 0 Å². The van der Waals surface area contributed by atoms with Gasteiger partial charge in [-0.05, 0) is 96.8 Å². The largest absolute Gasteiger partial charge is 0.465 e. The number of aliphatic hydroxyl groups excluding tert-OH is 1. The van der Waals surface area contributed by atoms with Crippen molar-refractivity contribution >= 4 is 12.3 Å². The fourth-order valence-electron chi connectivity index (χ4n) is 9.74. The molecule has 0 atom stereocenters. The summed E-state index contributed by atoms with van der Waals surface area (Å²) in [6.45, 7) is 17.4. The third-order valence-electron chi connectivity index (χ3n) is 14.4. The molecule has 1 rings (SSSR count). The quantitative estimate of drug-likeness (QED) is 0.0370. The van der Waals surface area contributed by atoms with E-state index in [4.69, 9.17) is 9.47 Å². The van der Waals surface area contributed by atoms with Gasteiger partial charge in [-0.1, -0.05) is 220 Å². The SMILES string of the molecule is CCCCCCCCC(C=O)CCCCCCCC.CCCCCCCCC(CCCCCCCC)C(=O)OCCCCCCCN(CCCCCCCOC)CCCN1CCC(O)CC1. The minimum absolute atomic E-state index is 0.0830.